The molecule has 0 fully saturated rings. The van der Waals surface area contributed by atoms with Gasteiger partial charge in [-0.1, -0.05) is 29.8 Å². The van der Waals surface area contributed by atoms with E-state index in [4.69, 9.17) is 5.73 Å². The molecular weight excluding hydrogens is 304 g/mol. The fraction of sp³-hybridized carbons (Fsp3) is 0.533. The Morgan fingerprint density at radius 3 is 2.58 bits per heavy atom. The molecule has 1 unspecified atom stereocenters. The van der Waals surface area contributed by atoms with E-state index in [1.165, 1.54) is 0 Å². The Hall–Kier alpha value is -0.870. The molecule has 1 atom stereocenters. The number of hydrogen-bond acceptors (Lipinski definition) is 2. The van der Waals surface area contributed by atoms with E-state index in [1.54, 1.807) is 4.90 Å². The highest BCUT2D eigenvalue weighted by atomic mass is 79.9. The molecule has 2 N–H and O–H groups in total. The van der Waals surface area contributed by atoms with Crippen LogP contribution in [0.2, 0.25) is 0 Å². The Morgan fingerprint density at radius 2 is 2.05 bits per heavy atom. The van der Waals surface area contributed by atoms with Crippen LogP contribution >= 0.6 is 15.9 Å². The first-order valence-corrected chi connectivity index (χ1v) is 7.39. The number of benzene rings is 1. The van der Waals surface area contributed by atoms with Crippen molar-refractivity contribution in [1.29, 1.82) is 0 Å². The van der Waals surface area contributed by atoms with Gasteiger partial charge in [0, 0.05) is 29.7 Å². The van der Waals surface area contributed by atoms with Gasteiger partial charge in [0.1, 0.15) is 0 Å². The van der Waals surface area contributed by atoms with E-state index in [1.807, 2.05) is 32.2 Å². The summed E-state index contributed by atoms with van der Waals surface area (Å²) in [6.45, 7) is 6.84. The van der Waals surface area contributed by atoms with Crippen LogP contribution in [0.3, 0.4) is 0 Å². The number of nitrogens with zero attached hydrogens (tertiary/aromatic N) is 1. The smallest absolute Gasteiger partial charge is 0.253 e. The summed E-state index contributed by atoms with van der Waals surface area (Å²) in [6.07, 6.45) is 0.829. The van der Waals surface area contributed by atoms with Crippen molar-refractivity contribution in [3.63, 3.8) is 0 Å². The summed E-state index contributed by atoms with van der Waals surface area (Å²) in [5.74, 6) is 0.499. The highest BCUT2D eigenvalue weighted by molar-refractivity contribution is 9.10. The van der Waals surface area contributed by atoms with Crippen LogP contribution in [0.1, 0.15) is 36.2 Å². The largest absolute Gasteiger partial charge is 0.342 e. The molecule has 1 aromatic carbocycles. The molecule has 1 amide bonds. The molecule has 0 saturated carbocycles. The van der Waals surface area contributed by atoms with E-state index in [0.29, 0.717) is 12.5 Å². The number of hydrogen-bond donors (Lipinski definition) is 1. The zero-order chi connectivity index (χ0) is 14.6. The number of carbonyl (C=O) groups is 1. The van der Waals surface area contributed by atoms with Crippen LogP contribution in [0.5, 0.6) is 0 Å². The molecule has 0 aromatic heterocycles. The number of amides is 1. The van der Waals surface area contributed by atoms with E-state index in [2.05, 4.69) is 29.8 Å². The molecule has 19 heavy (non-hydrogen) atoms. The zero-order valence-corrected chi connectivity index (χ0v) is 13.7. The molecule has 0 aliphatic rings. The fourth-order valence-electron chi connectivity index (χ4n) is 1.85. The first-order valence-electron chi connectivity index (χ1n) is 6.60. The molecule has 0 spiro atoms. The van der Waals surface area contributed by atoms with Crippen molar-refractivity contribution in [2.45, 2.75) is 33.2 Å². The summed E-state index contributed by atoms with van der Waals surface area (Å²) in [5.41, 5.74) is 7.75. The van der Waals surface area contributed by atoms with Gasteiger partial charge in [-0.3, -0.25) is 4.79 Å². The lowest BCUT2D eigenvalue weighted by molar-refractivity contribution is 0.0788. The second-order valence-corrected chi connectivity index (χ2v) is 6.30. The SMILES string of the molecule is Cc1cc(Br)ccc1C(=O)N(C)CCC(N)C(C)C. The van der Waals surface area contributed by atoms with Gasteiger partial charge in [0.15, 0.2) is 0 Å². The van der Waals surface area contributed by atoms with Gasteiger partial charge in [0.25, 0.3) is 5.91 Å². The summed E-state index contributed by atoms with van der Waals surface area (Å²) in [5, 5.41) is 0. The quantitative estimate of drug-likeness (QED) is 0.903. The van der Waals surface area contributed by atoms with E-state index >= 15 is 0 Å². The van der Waals surface area contributed by atoms with E-state index in [9.17, 15) is 4.79 Å². The molecule has 0 radical (unpaired) electrons. The topological polar surface area (TPSA) is 46.3 Å². The maximum Gasteiger partial charge on any atom is 0.253 e. The van der Waals surface area contributed by atoms with Crippen LogP contribution in [0.4, 0.5) is 0 Å². The Balaban J connectivity index is 2.66. The van der Waals surface area contributed by atoms with Crippen molar-refractivity contribution in [3.8, 4) is 0 Å². The van der Waals surface area contributed by atoms with Gasteiger partial charge < -0.3 is 10.6 Å². The number of rotatable bonds is 5. The molecule has 1 rings (SSSR count). The molecule has 0 bridgehead atoms. The Labute approximate surface area is 124 Å². The first-order chi connectivity index (χ1) is 8.82. The lowest BCUT2D eigenvalue weighted by atomic mass is 10.0. The predicted molar refractivity (Wildman–Crippen MR) is 83.3 cm³/mol. The molecule has 0 aliphatic carbocycles. The second-order valence-electron chi connectivity index (χ2n) is 5.38. The van der Waals surface area contributed by atoms with Crippen molar-refractivity contribution in [3.05, 3.63) is 33.8 Å². The second kappa shape index (κ2) is 7.06. The van der Waals surface area contributed by atoms with E-state index < -0.39 is 0 Å². The van der Waals surface area contributed by atoms with Crippen LogP contribution in [-0.2, 0) is 0 Å². The first kappa shape index (κ1) is 16.2. The predicted octanol–water partition coefficient (Wildman–Crippen LogP) is 3.20. The minimum atomic E-state index is 0.0564. The Kier molecular flexibility index (Phi) is 6.01. The van der Waals surface area contributed by atoms with Crippen molar-refractivity contribution in [1.82, 2.24) is 4.90 Å². The summed E-state index contributed by atoms with van der Waals surface area (Å²) in [4.78, 5) is 14.1. The van der Waals surface area contributed by atoms with Crippen molar-refractivity contribution < 1.29 is 4.79 Å². The number of halogens is 1. The van der Waals surface area contributed by atoms with Gasteiger partial charge in [-0.05, 0) is 43.0 Å². The van der Waals surface area contributed by atoms with Gasteiger partial charge in [-0.15, -0.1) is 0 Å². The van der Waals surface area contributed by atoms with Crippen molar-refractivity contribution >= 4 is 21.8 Å². The molecule has 0 heterocycles. The van der Waals surface area contributed by atoms with Crippen LogP contribution < -0.4 is 5.73 Å². The summed E-state index contributed by atoms with van der Waals surface area (Å²) < 4.78 is 0.992. The van der Waals surface area contributed by atoms with Crippen molar-refractivity contribution in [2.24, 2.45) is 11.7 Å². The molecule has 1 aromatic rings. The minimum Gasteiger partial charge on any atom is -0.342 e. The van der Waals surface area contributed by atoms with Crippen LogP contribution in [0, 0.1) is 12.8 Å². The summed E-state index contributed by atoms with van der Waals surface area (Å²) >= 11 is 3.41. The summed E-state index contributed by atoms with van der Waals surface area (Å²) in [6, 6.07) is 5.86. The Morgan fingerprint density at radius 1 is 1.42 bits per heavy atom. The average molecular weight is 327 g/mol. The Bertz CT molecular complexity index is 446. The molecular formula is C15H23BrN2O. The van der Waals surface area contributed by atoms with Gasteiger partial charge in [-0.2, -0.15) is 0 Å². The van der Waals surface area contributed by atoms with Crippen LogP contribution in [-0.4, -0.2) is 30.4 Å². The molecule has 4 heteroatoms. The monoisotopic (exact) mass is 326 g/mol. The number of aryl methyl sites for hydroxylation is 1. The lowest BCUT2D eigenvalue weighted by Gasteiger charge is -2.22. The normalized spacial score (nSPS) is 12.6. The van der Waals surface area contributed by atoms with E-state index in [0.717, 1.165) is 22.0 Å². The third-order valence-corrected chi connectivity index (χ3v) is 3.91. The fourth-order valence-corrected chi connectivity index (χ4v) is 2.33. The highest BCUT2D eigenvalue weighted by Crippen LogP contribution is 2.17. The van der Waals surface area contributed by atoms with Gasteiger partial charge in [0.05, 0.1) is 0 Å². The van der Waals surface area contributed by atoms with Crippen LogP contribution in [0.25, 0.3) is 0 Å². The molecule has 3 nitrogen and oxygen atoms in total. The van der Waals surface area contributed by atoms with Gasteiger partial charge in [0.2, 0.25) is 0 Å². The zero-order valence-electron chi connectivity index (χ0n) is 12.1. The highest BCUT2D eigenvalue weighted by Gasteiger charge is 2.16. The maximum atomic E-state index is 12.3. The lowest BCUT2D eigenvalue weighted by Crippen LogP contribution is -2.34. The van der Waals surface area contributed by atoms with Gasteiger partial charge >= 0.3 is 0 Å². The standard InChI is InChI=1S/C15H23BrN2O/c1-10(2)14(17)7-8-18(4)15(19)13-6-5-12(16)9-11(13)3/h5-6,9-10,14H,7-8,17H2,1-4H3. The number of carbonyl (C=O) groups excluding carboxylic acids is 1. The molecule has 0 aliphatic heterocycles. The third-order valence-electron chi connectivity index (χ3n) is 3.42. The van der Waals surface area contributed by atoms with Gasteiger partial charge in [-0.25, -0.2) is 0 Å². The van der Waals surface area contributed by atoms with E-state index in [-0.39, 0.29) is 11.9 Å². The third kappa shape index (κ3) is 4.62. The minimum absolute atomic E-state index is 0.0564. The maximum absolute atomic E-state index is 12.3. The molecule has 0 saturated heterocycles. The molecule has 106 valence electrons. The average Bonchev–Trinajstić information content (AvgIpc) is 2.34. The van der Waals surface area contributed by atoms with Crippen molar-refractivity contribution in [2.75, 3.05) is 13.6 Å². The summed E-state index contributed by atoms with van der Waals surface area (Å²) in [7, 11) is 1.83. The number of nitrogens with two attached hydrogens (primary N) is 1. The van der Waals surface area contributed by atoms with Crippen LogP contribution in [0.15, 0.2) is 22.7 Å².